The van der Waals surface area contributed by atoms with Crippen LogP contribution in [0.2, 0.25) is 0 Å². The Bertz CT molecular complexity index is 652. The topological polar surface area (TPSA) is 45.0 Å². The molecule has 0 aliphatic rings. The van der Waals surface area contributed by atoms with Gasteiger partial charge in [0, 0.05) is 10.5 Å². The third kappa shape index (κ3) is 3.04. The second-order valence-corrected chi connectivity index (χ2v) is 4.63. The average molecular weight is 321 g/mol. The number of hydrogen-bond acceptors (Lipinski definition) is 3. The number of ether oxygens (including phenoxy) is 1. The molecule has 0 atom stereocenters. The summed E-state index contributed by atoms with van der Waals surface area (Å²) in [5.41, 5.74) is 1.56. The SMILES string of the molecule is COc1ccc(C#N)c(Nc2cc(F)ccc2Br)c1. The van der Waals surface area contributed by atoms with Crippen molar-refractivity contribution in [2.75, 3.05) is 12.4 Å². The molecule has 0 radical (unpaired) electrons. The number of nitrogens with zero attached hydrogens (tertiary/aromatic N) is 1. The molecule has 2 aromatic rings. The zero-order valence-electron chi connectivity index (χ0n) is 10.1. The van der Waals surface area contributed by atoms with Crippen LogP contribution < -0.4 is 10.1 Å². The first-order chi connectivity index (χ1) is 9.13. The van der Waals surface area contributed by atoms with Gasteiger partial charge < -0.3 is 10.1 Å². The van der Waals surface area contributed by atoms with Gasteiger partial charge in [-0.05, 0) is 46.3 Å². The summed E-state index contributed by atoms with van der Waals surface area (Å²) in [5.74, 6) is 0.265. The maximum Gasteiger partial charge on any atom is 0.125 e. The zero-order valence-corrected chi connectivity index (χ0v) is 11.7. The minimum atomic E-state index is -0.355. The molecule has 0 aliphatic carbocycles. The van der Waals surface area contributed by atoms with Gasteiger partial charge in [-0.25, -0.2) is 4.39 Å². The summed E-state index contributed by atoms with van der Waals surface area (Å²) in [6, 6.07) is 11.4. The lowest BCUT2D eigenvalue weighted by Crippen LogP contribution is -1.96. The monoisotopic (exact) mass is 320 g/mol. The Morgan fingerprint density at radius 2 is 2.00 bits per heavy atom. The second kappa shape index (κ2) is 5.72. The predicted molar refractivity (Wildman–Crippen MR) is 75.1 cm³/mol. The summed E-state index contributed by atoms with van der Waals surface area (Å²) >= 11 is 3.33. The lowest BCUT2D eigenvalue weighted by atomic mass is 10.1. The summed E-state index contributed by atoms with van der Waals surface area (Å²) in [7, 11) is 1.54. The average Bonchev–Trinajstić information content (AvgIpc) is 2.42. The molecule has 2 aromatic carbocycles. The highest BCUT2D eigenvalue weighted by Gasteiger charge is 2.07. The van der Waals surface area contributed by atoms with Gasteiger partial charge in [-0.1, -0.05) is 0 Å². The van der Waals surface area contributed by atoms with Crippen molar-refractivity contribution in [2.45, 2.75) is 0 Å². The van der Waals surface area contributed by atoms with Gasteiger partial charge in [-0.15, -0.1) is 0 Å². The van der Waals surface area contributed by atoms with Gasteiger partial charge in [0.15, 0.2) is 0 Å². The summed E-state index contributed by atoms with van der Waals surface area (Å²) in [5, 5.41) is 12.1. The van der Waals surface area contributed by atoms with Crippen molar-refractivity contribution >= 4 is 27.3 Å². The van der Waals surface area contributed by atoms with Crippen LogP contribution in [0.4, 0.5) is 15.8 Å². The van der Waals surface area contributed by atoms with Crippen LogP contribution in [0.1, 0.15) is 5.56 Å². The number of methoxy groups -OCH3 is 1. The van der Waals surface area contributed by atoms with E-state index >= 15 is 0 Å². The molecule has 0 unspecified atom stereocenters. The third-order valence-electron chi connectivity index (χ3n) is 2.54. The maximum atomic E-state index is 13.2. The third-order valence-corrected chi connectivity index (χ3v) is 3.24. The molecule has 0 bridgehead atoms. The van der Waals surface area contributed by atoms with E-state index in [4.69, 9.17) is 10.00 Å². The Hall–Kier alpha value is -2.06. The number of rotatable bonds is 3. The minimum Gasteiger partial charge on any atom is -0.497 e. The van der Waals surface area contributed by atoms with Crippen molar-refractivity contribution in [1.29, 1.82) is 5.26 Å². The van der Waals surface area contributed by atoms with Crippen molar-refractivity contribution in [3.63, 3.8) is 0 Å². The van der Waals surface area contributed by atoms with Gasteiger partial charge >= 0.3 is 0 Å². The summed E-state index contributed by atoms with van der Waals surface area (Å²) in [4.78, 5) is 0. The molecule has 1 N–H and O–H groups in total. The molecule has 5 heteroatoms. The standard InChI is InChI=1S/C14H10BrFN2O/c1-19-11-4-2-9(8-17)13(7-11)18-14-6-10(16)3-5-12(14)15/h2-7,18H,1H3. The minimum absolute atomic E-state index is 0.355. The van der Waals surface area contributed by atoms with Crippen molar-refractivity contribution in [3.05, 3.63) is 52.3 Å². The number of anilines is 2. The van der Waals surface area contributed by atoms with Gasteiger partial charge in [-0.3, -0.25) is 0 Å². The Labute approximate surface area is 118 Å². The molecule has 0 saturated carbocycles. The van der Waals surface area contributed by atoms with Crippen molar-refractivity contribution in [2.24, 2.45) is 0 Å². The molecule has 0 heterocycles. The quantitative estimate of drug-likeness (QED) is 0.921. The van der Waals surface area contributed by atoms with E-state index in [1.807, 2.05) is 0 Å². The van der Waals surface area contributed by atoms with Crippen molar-refractivity contribution in [1.82, 2.24) is 0 Å². The Kier molecular flexibility index (Phi) is 4.03. The van der Waals surface area contributed by atoms with Crippen LogP contribution in [0.25, 0.3) is 0 Å². The van der Waals surface area contributed by atoms with Crippen LogP contribution in [0.3, 0.4) is 0 Å². The van der Waals surface area contributed by atoms with Crippen LogP contribution >= 0.6 is 15.9 Å². The lowest BCUT2D eigenvalue weighted by molar-refractivity contribution is 0.415. The summed E-state index contributed by atoms with van der Waals surface area (Å²) in [6.07, 6.45) is 0. The number of benzene rings is 2. The van der Waals surface area contributed by atoms with E-state index in [1.165, 1.54) is 12.1 Å². The first-order valence-corrected chi connectivity index (χ1v) is 6.23. The fourth-order valence-corrected chi connectivity index (χ4v) is 1.94. The van der Waals surface area contributed by atoms with E-state index in [0.29, 0.717) is 27.2 Å². The number of halogens is 2. The Morgan fingerprint density at radius 1 is 1.21 bits per heavy atom. The number of nitriles is 1. The van der Waals surface area contributed by atoms with E-state index < -0.39 is 0 Å². The van der Waals surface area contributed by atoms with E-state index in [2.05, 4.69) is 27.3 Å². The van der Waals surface area contributed by atoms with Crippen LogP contribution in [0.15, 0.2) is 40.9 Å². The van der Waals surface area contributed by atoms with Gasteiger partial charge in [0.05, 0.1) is 24.0 Å². The molecule has 0 amide bonds. The van der Waals surface area contributed by atoms with Crippen LogP contribution in [-0.2, 0) is 0 Å². The number of nitrogens with one attached hydrogen (secondary N) is 1. The molecular formula is C14H10BrFN2O. The molecule has 19 heavy (non-hydrogen) atoms. The van der Waals surface area contributed by atoms with E-state index in [1.54, 1.807) is 31.4 Å². The molecule has 96 valence electrons. The fraction of sp³-hybridized carbons (Fsp3) is 0.0714. The zero-order chi connectivity index (χ0) is 13.8. The summed E-state index contributed by atoms with van der Waals surface area (Å²) < 4.78 is 19.0. The van der Waals surface area contributed by atoms with Gasteiger partial charge in [0.1, 0.15) is 17.6 Å². The first kappa shape index (κ1) is 13.4. The highest BCUT2D eigenvalue weighted by atomic mass is 79.9. The van der Waals surface area contributed by atoms with E-state index in [0.717, 1.165) is 0 Å². The van der Waals surface area contributed by atoms with Gasteiger partial charge in [0.25, 0.3) is 0 Å². The van der Waals surface area contributed by atoms with Crippen molar-refractivity contribution < 1.29 is 9.13 Å². The number of hydrogen-bond donors (Lipinski definition) is 1. The normalized spacial score (nSPS) is 9.79. The highest BCUT2D eigenvalue weighted by molar-refractivity contribution is 9.10. The fourth-order valence-electron chi connectivity index (χ4n) is 1.59. The maximum absolute atomic E-state index is 13.2. The predicted octanol–water partition coefficient (Wildman–Crippen LogP) is 4.21. The lowest BCUT2D eigenvalue weighted by Gasteiger charge is -2.11. The van der Waals surface area contributed by atoms with E-state index in [9.17, 15) is 4.39 Å². The Balaban J connectivity index is 2.42. The largest absolute Gasteiger partial charge is 0.497 e. The van der Waals surface area contributed by atoms with Crippen LogP contribution in [0, 0.1) is 17.1 Å². The van der Waals surface area contributed by atoms with Gasteiger partial charge in [0.2, 0.25) is 0 Å². The van der Waals surface area contributed by atoms with Crippen LogP contribution in [0.5, 0.6) is 5.75 Å². The molecule has 0 aliphatic heterocycles. The van der Waals surface area contributed by atoms with E-state index in [-0.39, 0.29) is 5.82 Å². The molecule has 3 nitrogen and oxygen atoms in total. The van der Waals surface area contributed by atoms with Crippen molar-refractivity contribution in [3.8, 4) is 11.8 Å². The molecule has 2 rings (SSSR count). The molecule has 0 aromatic heterocycles. The smallest absolute Gasteiger partial charge is 0.125 e. The molecule has 0 spiro atoms. The second-order valence-electron chi connectivity index (χ2n) is 3.77. The Morgan fingerprint density at radius 3 is 2.68 bits per heavy atom. The van der Waals surface area contributed by atoms with Crippen LogP contribution in [-0.4, -0.2) is 7.11 Å². The summed E-state index contributed by atoms with van der Waals surface area (Å²) in [6.45, 7) is 0. The highest BCUT2D eigenvalue weighted by Crippen LogP contribution is 2.30. The molecular weight excluding hydrogens is 311 g/mol. The molecule has 0 saturated heterocycles. The first-order valence-electron chi connectivity index (χ1n) is 5.44. The van der Waals surface area contributed by atoms with Gasteiger partial charge in [-0.2, -0.15) is 5.26 Å². The molecule has 0 fully saturated rings.